The Balaban J connectivity index is 1.58. The van der Waals surface area contributed by atoms with Gasteiger partial charge in [0.1, 0.15) is 5.75 Å². The zero-order valence-corrected chi connectivity index (χ0v) is 25.8. The summed E-state index contributed by atoms with van der Waals surface area (Å²) in [6.07, 6.45) is 2.46. The smallest absolute Gasteiger partial charge is 0.258 e. The zero-order chi connectivity index (χ0) is 30.4. The van der Waals surface area contributed by atoms with Crippen molar-refractivity contribution in [2.75, 3.05) is 59.1 Å². The van der Waals surface area contributed by atoms with Gasteiger partial charge in [0.05, 0.1) is 30.4 Å². The number of carbonyl (C=O) groups is 1. The number of hydrogen-bond acceptors (Lipinski definition) is 9. The molecule has 0 bridgehead atoms. The fourth-order valence-corrected chi connectivity index (χ4v) is 5.47. The first-order chi connectivity index (χ1) is 20.1. The normalized spacial score (nSPS) is 22.3. The van der Waals surface area contributed by atoms with Crippen molar-refractivity contribution in [2.24, 2.45) is 5.92 Å². The Labute approximate surface area is 249 Å². The number of rotatable bonds is 7. The number of anilines is 1. The van der Waals surface area contributed by atoms with Gasteiger partial charge in [-0.1, -0.05) is 6.92 Å². The lowest BCUT2D eigenvalue weighted by molar-refractivity contribution is -0.0177. The maximum atomic E-state index is 14.1. The largest absolute Gasteiger partial charge is 0.504 e. The van der Waals surface area contributed by atoms with E-state index in [1.54, 1.807) is 11.0 Å². The maximum Gasteiger partial charge on any atom is 0.258 e. The molecule has 0 fully saturated rings. The molecular weight excluding hydrogens is 538 g/mol. The van der Waals surface area contributed by atoms with E-state index in [0.29, 0.717) is 49.1 Å². The van der Waals surface area contributed by atoms with Crippen molar-refractivity contribution in [3.63, 3.8) is 0 Å². The molecule has 0 spiro atoms. The molecule has 2 N–H and O–H groups in total. The number of aliphatic hydroxyl groups excluding tert-OH is 1. The number of phenols is 1. The molecule has 1 amide bonds. The van der Waals surface area contributed by atoms with Crippen LogP contribution >= 0.6 is 0 Å². The Morgan fingerprint density at radius 3 is 2.60 bits per heavy atom. The molecule has 2 aromatic carbocycles. The van der Waals surface area contributed by atoms with Crippen molar-refractivity contribution in [2.45, 2.75) is 64.8 Å². The van der Waals surface area contributed by atoms with Gasteiger partial charge in [-0.2, -0.15) is 0 Å². The number of phenolic OH excluding ortho intramolecular Hbond substituents is 1. The van der Waals surface area contributed by atoms with Gasteiger partial charge in [-0.25, -0.2) is 0 Å². The second kappa shape index (κ2) is 14.3. The SMILES string of the molecule is C[C@@H]1CCCCO[C@@H](CN(C)Cc2cc(O)c3c(c2)OCO3)[C@H](C)CN([C@@H](C)CO)C(=O)c2cc(N(C)C)ccc2O1. The topological polar surface area (TPSA) is 104 Å². The molecule has 0 saturated heterocycles. The van der Waals surface area contributed by atoms with Crippen LogP contribution in [-0.2, 0) is 11.3 Å². The Morgan fingerprint density at radius 1 is 1.07 bits per heavy atom. The van der Waals surface area contributed by atoms with E-state index in [1.165, 1.54) is 0 Å². The van der Waals surface area contributed by atoms with Gasteiger partial charge in [-0.3, -0.25) is 9.69 Å². The van der Waals surface area contributed by atoms with Crippen LogP contribution in [0.2, 0.25) is 0 Å². The summed E-state index contributed by atoms with van der Waals surface area (Å²) in [6, 6.07) is 8.92. The molecule has 232 valence electrons. The number of benzene rings is 2. The van der Waals surface area contributed by atoms with Gasteiger partial charge in [0.15, 0.2) is 11.5 Å². The quantitative estimate of drug-likeness (QED) is 0.497. The summed E-state index contributed by atoms with van der Waals surface area (Å²) in [5.74, 6) is 1.36. The molecule has 0 aliphatic carbocycles. The summed E-state index contributed by atoms with van der Waals surface area (Å²) in [5.41, 5.74) is 2.30. The third-order valence-corrected chi connectivity index (χ3v) is 8.01. The zero-order valence-electron chi connectivity index (χ0n) is 25.8. The second-order valence-electron chi connectivity index (χ2n) is 11.9. The number of amides is 1. The Morgan fingerprint density at radius 2 is 1.86 bits per heavy atom. The monoisotopic (exact) mass is 585 g/mol. The van der Waals surface area contributed by atoms with Crippen LogP contribution in [0.5, 0.6) is 23.0 Å². The molecule has 10 nitrogen and oxygen atoms in total. The molecule has 2 aliphatic rings. The number of nitrogens with zero attached hydrogens (tertiary/aromatic N) is 3. The number of aromatic hydroxyl groups is 1. The molecule has 42 heavy (non-hydrogen) atoms. The van der Waals surface area contributed by atoms with Gasteiger partial charge >= 0.3 is 0 Å². The molecule has 0 aromatic heterocycles. The van der Waals surface area contributed by atoms with E-state index in [4.69, 9.17) is 18.9 Å². The molecule has 0 saturated carbocycles. The maximum absolute atomic E-state index is 14.1. The molecule has 4 rings (SSSR count). The molecular formula is C32H47N3O7. The highest BCUT2D eigenvalue weighted by molar-refractivity contribution is 5.98. The molecule has 2 heterocycles. The molecule has 10 heteroatoms. The molecule has 0 unspecified atom stereocenters. The minimum absolute atomic E-state index is 0.0289. The predicted molar refractivity (Wildman–Crippen MR) is 162 cm³/mol. The fraction of sp³-hybridized carbons (Fsp3) is 0.594. The van der Waals surface area contributed by atoms with Gasteiger partial charge in [-0.05, 0) is 76.1 Å². The van der Waals surface area contributed by atoms with Crippen LogP contribution in [0.4, 0.5) is 5.69 Å². The van der Waals surface area contributed by atoms with Gasteiger partial charge in [0.2, 0.25) is 12.5 Å². The van der Waals surface area contributed by atoms with Crippen LogP contribution in [-0.4, -0.2) is 98.4 Å². The Kier molecular flexibility index (Phi) is 10.8. The minimum Gasteiger partial charge on any atom is -0.504 e. The van der Waals surface area contributed by atoms with E-state index in [9.17, 15) is 15.0 Å². The fourth-order valence-electron chi connectivity index (χ4n) is 5.47. The van der Waals surface area contributed by atoms with Crippen molar-refractivity contribution in [1.29, 1.82) is 0 Å². The molecule has 2 aliphatic heterocycles. The summed E-state index contributed by atoms with van der Waals surface area (Å²) >= 11 is 0. The highest BCUT2D eigenvalue weighted by atomic mass is 16.7. The van der Waals surface area contributed by atoms with E-state index in [0.717, 1.165) is 30.5 Å². The lowest BCUT2D eigenvalue weighted by Gasteiger charge is -2.36. The molecule has 0 radical (unpaired) electrons. The highest BCUT2D eigenvalue weighted by Crippen LogP contribution is 2.41. The van der Waals surface area contributed by atoms with Crippen molar-refractivity contribution < 1.29 is 34.0 Å². The first kappa shape index (κ1) is 31.7. The summed E-state index contributed by atoms with van der Waals surface area (Å²) in [7, 11) is 5.90. The van der Waals surface area contributed by atoms with Gasteiger partial charge in [-0.15, -0.1) is 0 Å². The van der Waals surface area contributed by atoms with E-state index in [1.807, 2.05) is 64.2 Å². The van der Waals surface area contributed by atoms with Crippen molar-refractivity contribution in [3.8, 4) is 23.0 Å². The van der Waals surface area contributed by atoms with Crippen LogP contribution in [0, 0.1) is 5.92 Å². The third-order valence-electron chi connectivity index (χ3n) is 8.01. The lowest BCUT2D eigenvalue weighted by Crippen LogP contribution is -2.47. The number of carbonyl (C=O) groups excluding carboxylic acids is 1. The average molecular weight is 586 g/mol. The van der Waals surface area contributed by atoms with Gasteiger partial charge < -0.3 is 39.0 Å². The number of aliphatic hydroxyl groups is 1. The summed E-state index contributed by atoms with van der Waals surface area (Å²) in [6.45, 7) is 8.13. The molecule has 4 atom stereocenters. The summed E-state index contributed by atoms with van der Waals surface area (Å²) in [5, 5.41) is 20.5. The Bertz CT molecular complexity index is 1210. The van der Waals surface area contributed by atoms with Crippen LogP contribution < -0.4 is 19.1 Å². The van der Waals surface area contributed by atoms with Gasteiger partial charge in [0, 0.05) is 51.9 Å². The van der Waals surface area contributed by atoms with E-state index >= 15 is 0 Å². The van der Waals surface area contributed by atoms with Crippen molar-refractivity contribution >= 4 is 11.6 Å². The second-order valence-corrected chi connectivity index (χ2v) is 11.9. The van der Waals surface area contributed by atoms with Crippen LogP contribution in [0.15, 0.2) is 30.3 Å². The minimum atomic E-state index is -0.392. The number of ether oxygens (including phenoxy) is 4. The first-order valence-electron chi connectivity index (χ1n) is 14.9. The number of fused-ring (bicyclic) bond motifs is 2. The van der Waals surface area contributed by atoms with Gasteiger partial charge in [0.25, 0.3) is 5.91 Å². The van der Waals surface area contributed by atoms with Crippen LogP contribution in [0.3, 0.4) is 0 Å². The van der Waals surface area contributed by atoms with Crippen LogP contribution in [0.25, 0.3) is 0 Å². The van der Waals surface area contributed by atoms with Crippen molar-refractivity contribution in [3.05, 3.63) is 41.5 Å². The Hall–Kier alpha value is -3.21. The predicted octanol–water partition coefficient (Wildman–Crippen LogP) is 4.11. The summed E-state index contributed by atoms with van der Waals surface area (Å²) in [4.78, 5) is 20.0. The number of likely N-dealkylation sites (N-methyl/N-ethyl adjacent to an activating group) is 1. The number of hydrogen-bond donors (Lipinski definition) is 2. The third kappa shape index (κ3) is 7.79. The highest BCUT2D eigenvalue weighted by Gasteiger charge is 2.30. The molecule has 2 aromatic rings. The first-order valence-corrected chi connectivity index (χ1v) is 14.9. The summed E-state index contributed by atoms with van der Waals surface area (Å²) < 4.78 is 23.6. The lowest BCUT2D eigenvalue weighted by atomic mass is 10.0. The standard InChI is InChI=1S/C32H47N3O7/c1-21-16-35(22(2)19-36)32(38)26-15-25(33(4)5)10-11-28(26)42-23(3)9-7-8-12-39-30(21)18-34(6)17-24-13-27(37)31-29(14-24)40-20-41-31/h10-11,13-15,21-23,30,36-37H,7-9,12,16-20H2,1-6H3/t21-,22+,23-,30+/m1/s1. The van der Waals surface area contributed by atoms with E-state index in [-0.39, 0.29) is 43.2 Å². The van der Waals surface area contributed by atoms with E-state index < -0.39 is 6.04 Å². The van der Waals surface area contributed by atoms with Crippen LogP contribution in [0.1, 0.15) is 56.0 Å². The van der Waals surface area contributed by atoms with Crippen molar-refractivity contribution in [1.82, 2.24) is 9.80 Å². The van der Waals surface area contributed by atoms with E-state index in [2.05, 4.69) is 11.8 Å². The average Bonchev–Trinajstić information content (AvgIpc) is 3.43.